The summed E-state index contributed by atoms with van der Waals surface area (Å²) in [6, 6.07) is 13.2. The highest BCUT2D eigenvalue weighted by atomic mass is 16.5. The van der Waals surface area contributed by atoms with Gasteiger partial charge in [0.25, 0.3) is 5.91 Å². The quantitative estimate of drug-likeness (QED) is 0.497. The molecule has 6 heteroatoms. The molecule has 0 saturated carbocycles. The van der Waals surface area contributed by atoms with Gasteiger partial charge in [-0.15, -0.1) is 0 Å². The van der Waals surface area contributed by atoms with Crippen molar-refractivity contribution in [3.8, 4) is 17.2 Å². The maximum Gasteiger partial charge on any atom is 0.280 e. The number of hydrazone groups is 1. The highest BCUT2D eigenvalue weighted by Gasteiger charge is 2.14. The van der Waals surface area contributed by atoms with E-state index in [1.165, 1.54) is 5.56 Å². The summed E-state index contributed by atoms with van der Waals surface area (Å²) < 4.78 is 16.6. The Morgan fingerprint density at radius 1 is 1.14 bits per heavy atom. The highest BCUT2D eigenvalue weighted by Crippen LogP contribution is 2.27. The lowest BCUT2D eigenvalue weighted by molar-refractivity contribution is -0.127. The van der Waals surface area contributed by atoms with Gasteiger partial charge in [0.05, 0.1) is 19.9 Å². The van der Waals surface area contributed by atoms with Crippen molar-refractivity contribution >= 4 is 12.1 Å². The van der Waals surface area contributed by atoms with Crippen molar-refractivity contribution < 1.29 is 19.0 Å². The molecule has 0 spiro atoms. The van der Waals surface area contributed by atoms with Crippen LogP contribution in [0.3, 0.4) is 0 Å². The van der Waals surface area contributed by atoms with Crippen molar-refractivity contribution in [1.82, 2.24) is 5.43 Å². The van der Waals surface area contributed by atoms with E-state index < -0.39 is 6.10 Å². The molecular formula is C22H28N2O4. The predicted molar refractivity (Wildman–Crippen MR) is 110 cm³/mol. The number of nitrogens with zero attached hydrogens (tertiary/aromatic N) is 1. The number of methoxy groups -OCH3 is 1. The molecule has 0 radical (unpaired) electrons. The van der Waals surface area contributed by atoms with Crippen LogP contribution < -0.4 is 19.6 Å². The zero-order valence-corrected chi connectivity index (χ0v) is 16.9. The van der Waals surface area contributed by atoms with Gasteiger partial charge in [-0.1, -0.05) is 26.0 Å². The van der Waals surface area contributed by atoms with E-state index in [0.29, 0.717) is 23.9 Å². The third-order valence-electron chi connectivity index (χ3n) is 4.05. The molecule has 0 saturated heterocycles. The fourth-order valence-electron chi connectivity index (χ4n) is 2.42. The van der Waals surface area contributed by atoms with E-state index in [4.69, 9.17) is 14.2 Å². The van der Waals surface area contributed by atoms with E-state index in [1.54, 1.807) is 26.3 Å². The summed E-state index contributed by atoms with van der Waals surface area (Å²) >= 11 is 0. The molecule has 0 bridgehead atoms. The van der Waals surface area contributed by atoms with Crippen LogP contribution in [0.4, 0.5) is 0 Å². The molecule has 1 atom stereocenters. The van der Waals surface area contributed by atoms with Gasteiger partial charge in [-0.2, -0.15) is 5.10 Å². The molecule has 0 fully saturated rings. The highest BCUT2D eigenvalue weighted by molar-refractivity contribution is 5.84. The van der Waals surface area contributed by atoms with E-state index in [-0.39, 0.29) is 5.91 Å². The first-order valence-electron chi connectivity index (χ1n) is 9.46. The Morgan fingerprint density at radius 3 is 2.54 bits per heavy atom. The van der Waals surface area contributed by atoms with Crippen LogP contribution >= 0.6 is 0 Å². The lowest BCUT2D eigenvalue weighted by Gasteiger charge is -2.13. The molecule has 1 N–H and O–H groups in total. The van der Waals surface area contributed by atoms with E-state index in [1.807, 2.05) is 43.3 Å². The summed E-state index contributed by atoms with van der Waals surface area (Å²) in [5, 5.41) is 4.00. The Kier molecular flexibility index (Phi) is 8.34. The molecule has 1 amide bonds. The van der Waals surface area contributed by atoms with Gasteiger partial charge < -0.3 is 14.2 Å². The van der Waals surface area contributed by atoms with Crippen molar-refractivity contribution in [1.29, 1.82) is 0 Å². The number of aryl methyl sites for hydroxylation is 1. The number of hydrogen-bond acceptors (Lipinski definition) is 5. The summed E-state index contributed by atoms with van der Waals surface area (Å²) in [6.45, 7) is 6.44. The Balaban J connectivity index is 1.90. The standard InChI is InChI=1S/C22H28N2O4/c1-5-13-27-20-12-9-18(14-21(20)26-4)15-23-24-22(25)16(3)28-19-10-7-17(6-2)8-11-19/h7-12,14-16H,5-6,13H2,1-4H3,(H,24,25). The van der Waals surface area contributed by atoms with Gasteiger partial charge in [0.1, 0.15) is 5.75 Å². The summed E-state index contributed by atoms with van der Waals surface area (Å²) in [5.41, 5.74) is 4.49. The van der Waals surface area contributed by atoms with Gasteiger partial charge in [-0.3, -0.25) is 4.79 Å². The molecule has 2 rings (SSSR count). The largest absolute Gasteiger partial charge is 0.493 e. The molecule has 1 unspecified atom stereocenters. The first-order chi connectivity index (χ1) is 13.6. The smallest absolute Gasteiger partial charge is 0.280 e. The molecular weight excluding hydrogens is 356 g/mol. The Labute approximate surface area is 166 Å². The van der Waals surface area contributed by atoms with Gasteiger partial charge in [0, 0.05) is 0 Å². The third kappa shape index (κ3) is 6.30. The molecule has 0 heterocycles. The summed E-state index contributed by atoms with van der Waals surface area (Å²) in [6.07, 6.45) is 2.76. The van der Waals surface area contributed by atoms with Crippen LogP contribution in [0.5, 0.6) is 17.2 Å². The van der Waals surface area contributed by atoms with Gasteiger partial charge in [-0.25, -0.2) is 5.43 Å². The number of carbonyl (C=O) groups excluding carboxylic acids is 1. The van der Waals surface area contributed by atoms with Crippen LogP contribution in [0.1, 0.15) is 38.3 Å². The lowest BCUT2D eigenvalue weighted by atomic mass is 10.2. The number of carbonyl (C=O) groups is 1. The summed E-state index contributed by atoms with van der Waals surface area (Å²) in [5.74, 6) is 1.62. The van der Waals surface area contributed by atoms with Crippen molar-refractivity contribution in [2.45, 2.75) is 39.7 Å². The fraction of sp³-hybridized carbons (Fsp3) is 0.364. The Morgan fingerprint density at radius 2 is 1.89 bits per heavy atom. The molecule has 150 valence electrons. The van der Waals surface area contributed by atoms with Gasteiger partial charge in [0.15, 0.2) is 17.6 Å². The second kappa shape index (κ2) is 11.0. The van der Waals surface area contributed by atoms with Gasteiger partial charge in [0.2, 0.25) is 0 Å². The average Bonchev–Trinajstić information content (AvgIpc) is 2.73. The SMILES string of the molecule is CCCOc1ccc(C=NNC(=O)C(C)Oc2ccc(CC)cc2)cc1OC. The molecule has 2 aromatic rings. The van der Waals surface area contributed by atoms with Crippen LogP contribution in [-0.4, -0.2) is 31.9 Å². The van der Waals surface area contributed by atoms with Crippen LogP contribution in [0.2, 0.25) is 0 Å². The zero-order valence-electron chi connectivity index (χ0n) is 16.9. The molecule has 28 heavy (non-hydrogen) atoms. The minimum atomic E-state index is -0.663. The van der Waals surface area contributed by atoms with E-state index >= 15 is 0 Å². The summed E-state index contributed by atoms with van der Waals surface area (Å²) in [7, 11) is 1.59. The summed E-state index contributed by atoms with van der Waals surface area (Å²) in [4.78, 5) is 12.2. The normalized spacial score (nSPS) is 11.9. The number of amides is 1. The molecule has 6 nitrogen and oxygen atoms in total. The number of hydrogen-bond donors (Lipinski definition) is 1. The second-order valence-corrected chi connectivity index (χ2v) is 6.25. The van der Waals surface area contributed by atoms with Crippen molar-refractivity contribution in [2.24, 2.45) is 5.10 Å². The third-order valence-corrected chi connectivity index (χ3v) is 4.05. The lowest BCUT2D eigenvalue weighted by Crippen LogP contribution is -2.33. The maximum absolute atomic E-state index is 12.2. The monoisotopic (exact) mass is 384 g/mol. The fourth-order valence-corrected chi connectivity index (χ4v) is 2.42. The number of nitrogens with one attached hydrogen (secondary N) is 1. The molecule has 0 aliphatic rings. The van der Waals surface area contributed by atoms with Crippen LogP contribution in [0, 0.1) is 0 Å². The minimum absolute atomic E-state index is 0.328. The van der Waals surface area contributed by atoms with E-state index in [2.05, 4.69) is 17.5 Å². The van der Waals surface area contributed by atoms with Crippen LogP contribution in [-0.2, 0) is 11.2 Å². The molecule has 0 aliphatic carbocycles. The average molecular weight is 384 g/mol. The Hall–Kier alpha value is -3.02. The van der Waals surface area contributed by atoms with Crippen molar-refractivity contribution in [2.75, 3.05) is 13.7 Å². The first kappa shape index (κ1) is 21.3. The minimum Gasteiger partial charge on any atom is -0.493 e. The van der Waals surface area contributed by atoms with E-state index in [0.717, 1.165) is 18.4 Å². The van der Waals surface area contributed by atoms with Gasteiger partial charge in [-0.05, 0) is 61.2 Å². The van der Waals surface area contributed by atoms with Crippen molar-refractivity contribution in [3.05, 3.63) is 53.6 Å². The second-order valence-electron chi connectivity index (χ2n) is 6.25. The number of ether oxygens (including phenoxy) is 3. The van der Waals surface area contributed by atoms with Gasteiger partial charge >= 0.3 is 0 Å². The predicted octanol–water partition coefficient (Wildman–Crippen LogP) is 3.96. The maximum atomic E-state index is 12.2. The number of benzene rings is 2. The number of rotatable bonds is 10. The molecule has 0 aliphatic heterocycles. The molecule has 0 aromatic heterocycles. The zero-order chi connectivity index (χ0) is 20.4. The topological polar surface area (TPSA) is 69.2 Å². The molecule has 2 aromatic carbocycles. The first-order valence-corrected chi connectivity index (χ1v) is 9.46. The van der Waals surface area contributed by atoms with E-state index in [9.17, 15) is 4.79 Å². The Bertz CT molecular complexity index is 788. The van der Waals surface area contributed by atoms with Crippen molar-refractivity contribution in [3.63, 3.8) is 0 Å². The van der Waals surface area contributed by atoms with Crippen LogP contribution in [0.25, 0.3) is 0 Å². The van der Waals surface area contributed by atoms with Crippen LogP contribution in [0.15, 0.2) is 47.6 Å².